The predicted molar refractivity (Wildman–Crippen MR) is 134 cm³/mol. The molecule has 0 aliphatic carbocycles. The summed E-state index contributed by atoms with van der Waals surface area (Å²) in [6.07, 6.45) is 1.46. The second-order valence-corrected chi connectivity index (χ2v) is 7.98. The van der Waals surface area contributed by atoms with E-state index in [9.17, 15) is 9.59 Å². The summed E-state index contributed by atoms with van der Waals surface area (Å²) in [7, 11) is 0. The summed E-state index contributed by atoms with van der Waals surface area (Å²) in [5.74, 6) is 0.143. The Morgan fingerprint density at radius 2 is 1.71 bits per heavy atom. The molecular formula is C25H23Cl2N3O4. The second kappa shape index (κ2) is 12.1. The van der Waals surface area contributed by atoms with Crippen molar-refractivity contribution in [3.8, 4) is 11.5 Å². The first-order valence-corrected chi connectivity index (χ1v) is 11.2. The summed E-state index contributed by atoms with van der Waals surface area (Å²) in [6.45, 7) is 4.04. The number of carbonyl (C=O) groups is 2. The van der Waals surface area contributed by atoms with Gasteiger partial charge < -0.3 is 14.8 Å². The summed E-state index contributed by atoms with van der Waals surface area (Å²) in [4.78, 5) is 24.4. The van der Waals surface area contributed by atoms with Gasteiger partial charge >= 0.3 is 0 Å². The molecule has 2 amide bonds. The normalized spacial score (nSPS) is 10.7. The molecule has 0 aromatic heterocycles. The zero-order valence-electron chi connectivity index (χ0n) is 18.6. The van der Waals surface area contributed by atoms with Crippen LogP contribution in [-0.2, 0) is 4.79 Å². The van der Waals surface area contributed by atoms with Crippen LogP contribution in [0.2, 0.25) is 10.0 Å². The fourth-order valence-corrected chi connectivity index (χ4v) is 3.14. The van der Waals surface area contributed by atoms with Crippen LogP contribution in [0.3, 0.4) is 0 Å². The van der Waals surface area contributed by atoms with Crippen LogP contribution in [0.5, 0.6) is 11.5 Å². The van der Waals surface area contributed by atoms with Crippen molar-refractivity contribution in [2.75, 3.05) is 18.5 Å². The van der Waals surface area contributed by atoms with E-state index in [1.807, 2.05) is 38.1 Å². The molecule has 2 N–H and O–H groups in total. The molecule has 3 aromatic carbocycles. The molecular weight excluding hydrogens is 477 g/mol. The molecule has 0 unspecified atom stereocenters. The van der Waals surface area contributed by atoms with Crippen molar-refractivity contribution in [3.05, 3.63) is 87.4 Å². The molecule has 0 saturated heterocycles. The smallest absolute Gasteiger partial charge is 0.271 e. The van der Waals surface area contributed by atoms with E-state index in [-0.39, 0.29) is 17.5 Å². The number of amides is 2. The van der Waals surface area contributed by atoms with Crippen molar-refractivity contribution < 1.29 is 19.1 Å². The first kappa shape index (κ1) is 25.1. The van der Waals surface area contributed by atoms with Crippen LogP contribution >= 0.6 is 23.2 Å². The monoisotopic (exact) mass is 499 g/mol. The number of hydrogen-bond donors (Lipinski definition) is 2. The fourth-order valence-electron chi connectivity index (χ4n) is 2.84. The van der Waals surface area contributed by atoms with Crippen LogP contribution in [0, 0.1) is 6.92 Å². The van der Waals surface area contributed by atoms with Gasteiger partial charge in [-0.3, -0.25) is 9.59 Å². The molecule has 0 saturated carbocycles. The molecule has 3 rings (SSSR count). The van der Waals surface area contributed by atoms with Crippen molar-refractivity contribution in [2.24, 2.45) is 5.10 Å². The standard InChI is InChI=1S/C25H23Cl2N3O4/c1-3-33-23-12-17(14-28-30-25(32)18-7-10-20(26)21(27)13-18)6-11-22(23)34-15-24(31)29-19-8-4-16(2)5-9-19/h4-14H,3,15H2,1-2H3,(H,29,31)(H,30,32)/b28-14-. The van der Waals surface area contributed by atoms with E-state index in [0.29, 0.717) is 39.9 Å². The summed E-state index contributed by atoms with van der Waals surface area (Å²) >= 11 is 11.8. The van der Waals surface area contributed by atoms with Gasteiger partial charge in [0, 0.05) is 11.3 Å². The number of carbonyl (C=O) groups excluding carboxylic acids is 2. The van der Waals surface area contributed by atoms with Gasteiger partial charge in [-0.1, -0.05) is 40.9 Å². The maximum absolute atomic E-state index is 12.2. The maximum Gasteiger partial charge on any atom is 0.271 e. The topological polar surface area (TPSA) is 89.0 Å². The highest BCUT2D eigenvalue weighted by atomic mass is 35.5. The molecule has 0 bridgehead atoms. The highest BCUT2D eigenvalue weighted by Gasteiger charge is 2.10. The number of halogens is 2. The third-order valence-electron chi connectivity index (χ3n) is 4.52. The van der Waals surface area contributed by atoms with Crippen LogP contribution in [0.25, 0.3) is 0 Å². The van der Waals surface area contributed by atoms with Crippen LogP contribution in [0.1, 0.15) is 28.4 Å². The fraction of sp³-hybridized carbons (Fsp3) is 0.160. The lowest BCUT2D eigenvalue weighted by molar-refractivity contribution is -0.118. The molecule has 3 aromatic rings. The average molecular weight is 500 g/mol. The number of anilines is 1. The van der Waals surface area contributed by atoms with Gasteiger partial charge in [-0.05, 0) is 67.9 Å². The largest absolute Gasteiger partial charge is 0.490 e. The highest BCUT2D eigenvalue weighted by molar-refractivity contribution is 6.42. The highest BCUT2D eigenvalue weighted by Crippen LogP contribution is 2.28. The molecule has 9 heteroatoms. The van der Waals surface area contributed by atoms with E-state index in [0.717, 1.165) is 5.56 Å². The van der Waals surface area contributed by atoms with E-state index in [1.165, 1.54) is 18.3 Å². The minimum Gasteiger partial charge on any atom is -0.490 e. The molecule has 0 radical (unpaired) electrons. The number of hydrazone groups is 1. The first-order chi connectivity index (χ1) is 16.4. The average Bonchev–Trinajstić information content (AvgIpc) is 2.82. The van der Waals surface area contributed by atoms with Crippen LogP contribution in [0.15, 0.2) is 65.8 Å². The van der Waals surface area contributed by atoms with E-state index in [1.54, 1.807) is 24.3 Å². The van der Waals surface area contributed by atoms with E-state index >= 15 is 0 Å². The molecule has 176 valence electrons. The lowest BCUT2D eigenvalue weighted by Gasteiger charge is -2.12. The molecule has 7 nitrogen and oxygen atoms in total. The molecule has 34 heavy (non-hydrogen) atoms. The van der Waals surface area contributed by atoms with Gasteiger partial charge in [-0.2, -0.15) is 5.10 Å². The molecule has 0 fully saturated rings. The van der Waals surface area contributed by atoms with Crippen molar-refractivity contribution in [1.29, 1.82) is 0 Å². The lowest BCUT2D eigenvalue weighted by atomic mass is 10.2. The zero-order chi connectivity index (χ0) is 24.5. The summed E-state index contributed by atoms with van der Waals surface area (Å²) in [5.41, 5.74) is 5.22. The Morgan fingerprint density at radius 1 is 0.941 bits per heavy atom. The minimum absolute atomic E-state index is 0.179. The minimum atomic E-state index is -0.431. The van der Waals surface area contributed by atoms with Gasteiger partial charge in [0.25, 0.3) is 11.8 Å². The number of aryl methyl sites for hydroxylation is 1. The number of nitrogens with zero attached hydrogens (tertiary/aromatic N) is 1. The number of benzene rings is 3. The SMILES string of the molecule is CCOc1cc(/C=N\NC(=O)c2ccc(Cl)c(Cl)c2)ccc1OCC(=O)Nc1ccc(C)cc1. The first-order valence-electron chi connectivity index (χ1n) is 10.4. The number of hydrogen-bond acceptors (Lipinski definition) is 5. The van der Waals surface area contributed by atoms with Crippen molar-refractivity contribution in [2.45, 2.75) is 13.8 Å². The predicted octanol–water partition coefficient (Wildman–Crippen LogP) is 5.48. The van der Waals surface area contributed by atoms with Crippen LogP contribution in [0.4, 0.5) is 5.69 Å². The van der Waals surface area contributed by atoms with Gasteiger partial charge in [-0.15, -0.1) is 0 Å². The quantitative estimate of drug-likeness (QED) is 0.301. The Hall–Kier alpha value is -3.55. The Balaban J connectivity index is 1.60. The van der Waals surface area contributed by atoms with Gasteiger partial charge in [0.15, 0.2) is 18.1 Å². The van der Waals surface area contributed by atoms with Crippen molar-refractivity contribution >= 4 is 46.9 Å². The molecule has 0 spiro atoms. The van der Waals surface area contributed by atoms with Crippen LogP contribution in [-0.4, -0.2) is 31.2 Å². The van der Waals surface area contributed by atoms with Gasteiger partial charge in [0.2, 0.25) is 0 Å². The van der Waals surface area contributed by atoms with E-state index in [4.69, 9.17) is 32.7 Å². The Kier molecular flexibility index (Phi) is 8.90. The summed E-state index contributed by atoms with van der Waals surface area (Å²) in [6, 6.07) is 17.1. The van der Waals surface area contributed by atoms with E-state index < -0.39 is 5.91 Å². The number of nitrogens with one attached hydrogen (secondary N) is 2. The Morgan fingerprint density at radius 3 is 2.41 bits per heavy atom. The van der Waals surface area contributed by atoms with Crippen molar-refractivity contribution in [1.82, 2.24) is 5.43 Å². The van der Waals surface area contributed by atoms with Gasteiger partial charge in [-0.25, -0.2) is 5.43 Å². The van der Waals surface area contributed by atoms with Crippen molar-refractivity contribution in [3.63, 3.8) is 0 Å². The number of rotatable bonds is 9. The van der Waals surface area contributed by atoms with Gasteiger partial charge in [0.1, 0.15) is 0 Å². The third-order valence-corrected chi connectivity index (χ3v) is 5.26. The molecule has 0 heterocycles. The zero-order valence-corrected chi connectivity index (χ0v) is 20.1. The van der Waals surface area contributed by atoms with E-state index in [2.05, 4.69) is 15.8 Å². The third kappa shape index (κ3) is 7.23. The molecule has 0 atom stereocenters. The maximum atomic E-state index is 12.2. The number of ether oxygens (including phenoxy) is 2. The Bertz CT molecular complexity index is 1200. The molecule has 0 aliphatic rings. The van der Waals surface area contributed by atoms with Crippen LogP contribution < -0.4 is 20.2 Å². The van der Waals surface area contributed by atoms with Gasteiger partial charge in [0.05, 0.1) is 22.9 Å². The lowest BCUT2D eigenvalue weighted by Crippen LogP contribution is -2.20. The Labute approximate surface area is 207 Å². The molecule has 0 aliphatic heterocycles. The summed E-state index contributed by atoms with van der Waals surface area (Å²) in [5, 5.41) is 7.39. The summed E-state index contributed by atoms with van der Waals surface area (Å²) < 4.78 is 11.3. The second-order valence-electron chi connectivity index (χ2n) is 7.17.